The lowest BCUT2D eigenvalue weighted by molar-refractivity contribution is 0.0342. The molecule has 3 rings (SSSR count). The van der Waals surface area contributed by atoms with Crippen molar-refractivity contribution in [3.8, 4) is 5.75 Å². The van der Waals surface area contributed by atoms with Crippen molar-refractivity contribution in [3.05, 3.63) is 65.2 Å². The van der Waals surface area contributed by atoms with Crippen LogP contribution in [0.3, 0.4) is 0 Å². The number of nitrogens with zero attached hydrogens (tertiary/aromatic N) is 2. The second-order valence-corrected chi connectivity index (χ2v) is 7.03. The van der Waals surface area contributed by atoms with E-state index < -0.39 is 0 Å². The second-order valence-electron chi connectivity index (χ2n) is 7.03. The second kappa shape index (κ2) is 13.5. The Labute approximate surface area is 197 Å². The summed E-state index contributed by atoms with van der Waals surface area (Å²) in [5.41, 5.74) is 3.69. The molecular formula is C23H33IN4O2. The average molecular weight is 524 g/mol. The Morgan fingerprint density at radius 2 is 1.77 bits per heavy atom. The summed E-state index contributed by atoms with van der Waals surface area (Å²) >= 11 is 0. The zero-order chi connectivity index (χ0) is 20.3. The number of nitrogens with one attached hydrogen (secondary N) is 2. The Kier molecular flexibility index (Phi) is 11.0. The Bertz CT molecular complexity index is 794. The van der Waals surface area contributed by atoms with Crippen LogP contribution in [0.15, 0.2) is 53.5 Å². The SMILES string of the molecule is CCOc1ccccc1CNC(=NC)NCc1cccc(CN2CCOCC2)c1.I. The molecule has 0 radical (unpaired) electrons. The van der Waals surface area contributed by atoms with Crippen molar-refractivity contribution in [1.82, 2.24) is 15.5 Å². The van der Waals surface area contributed by atoms with E-state index in [2.05, 4.69) is 50.9 Å². The summed E-state index contributed by atoms with van der Waals surface area (Å²) in [6.07, 6.45) is 0. The molecule has 1 saturated heterocycles. The highest BCUT2D eigenvalue weighted by atomic mass is 127. The number of ether oxygens (including phenoxy) is 2. The van der Waals surface area contributed by atoms with Crippen LogP contribution < -0.4 is 15.4 Å². The number of halogens is 1. The quantitative estimate of drug-likeness (QED) is 0.315. The van der Waals surface area contributed by atoms with Gasteiger partial charge >= 0.3 is 0 Å². The van der Waals surface area contributed by atoms with E-state index in [0.717, 1.165) is 56.7 Å². The van der Waals surface area contributed by atoms with E-state index in [1.54, 1.807) is 7.05 Å². The number of guanidine groups is 1. The number of morpholine rings is 1. The number of aliphatic imine (C=N–C) groups is 1. The van der Waals surface area contributed by atoms with Gasteiger partial charge < -0.3 is 20.1 Å². The first-order valence-electron chi connectivity index (χ1n) is 10.3. The zero-order valence-electron chi connectivity index (χ0n) is 17.9. The van der Waals surface area contributed by atoms with Gasteiger partial charge in [-0.05, 0) is 24.1 Å². The average Bonchev–Trinajstić information content (AvgIpc) is 2.76. The van der Waals surface area contributed by atoms with Gasteiger partial charge in [0, 0.05) is 45.3 Å². The summed E-state index contributed by atoms with van der Waals surface area (Å²) in [4.78, 5) is 6.78. The van der Waals surface area contributed by atoms with Crippen LogP contribution in [-0.2, 0) is 24.4 Å². The van der Waals surface area contributed by atoms with Gasteiger partial charge in [0.1, 0.15) is 5.75 Å². The number of hydrogen-bond acceptors (Lipinski definition) is 4. The standard InChI is InChI=1S/C23H32N4O2.HI/c1-3-29-22-10-5-4-9-21(22)17-26-23(24-2)25-16-19-7-6-8-20(15-19)18-27-11-13-28-14-12-27;/h4-10,15H,3,11-14,16-18H2,1-2H3,(H2,24,25,26);1H. The van der Waals surface area contributed by atoms with Crippen LogP contribution in [0.5, 0.6) is 5.75 Å². The zero-order valence-corrected chi connectivity index (χ0v) is 20.2. The summed E-state index contributed by atoms with van der Waals surface area (Å²) in [7, 11) is 1.79. The molecule has 7 heteroatoms. The maximum absolute atomic E-state index is 5.70. The van der Waals surface area contributed by atoms with Gasteiger partial charge in [0.2, 0.25) is 0 Å². The molecule has 2 aromatic carbocycles. The third-order valence-electron chi connectivity index (χ3n) is 4.90. The molecule has 0 amide bonds. The van der Waals surface area contributed by atoms with E-state index in [1.165, 1.54) is 11.1 Å². The third kappa shape index (κ3) is 7.77. The third-order valence-corrected chi connectivity index (χ3v) is 4.90. The Morgan fingerprint density at radius 3 is 2.53 bits per heavy atom. The number of para-hydroxylation sites is 1. The van der Waals surface area contributed by atoms with Crippen LogP contribution in [0.4, 0.5) is 0 Å². The molecule has 164 valence electrons. The molecule has 0 saturated carbocycles. The van der Waals surface area contributed by atoms with E-state index >= 15 is 0 Å². The van der Waals surface area contributed by atoms with Gasteiger partial charge in [-0.15, -0.1) is 24.0 Å². The van der Waals surface area contributed by atoms with E-state index in [0.29, 0.717) is 13.2 Å². The van der Waals surface area contributed by atoms with Gasteiger partial charge in [0.15, 0.2) is 5.96 Å². The highest BCUT2D eigenvalue weighted by Gasteiger charge is 2.11. The Hall–Kier alpha value is -1.84. The summed E-state index contributed by atoms with van der Waals surface area (Å²) in [6.45, 7) is 8.67. The van der Waals surface area contributed by atoms with Crippen molar-refractivity contribution in [3.63, 3.8) is 0 Å². The molecular weight excluding hydrogens is 491 g/mol. The van der Waals surface area contributed by atoms with Gasteiger partial charge in [-0.1, -0.05) is 42.5 Å². The predicted molar refractivity (Wildman–Crippen MR) is 133 cm³/mol. The molecule has 0 aromatic heterocycles. The minimum Gasteiger partial charge on any atom is -0.494 e. The molecule has 0 bridgehead atoms. The fourth-order valence-corrected chi connectivity index (χ4v) is 3.39. The molecule has 2 aromatic rings. The minimum atomic E-state index is 0. The monoisotopic (exact) mass is 524 g/mol. The molecule has 6 nitrogen and oxygen atoms in total. The molecule has 30 heavy (non-hydrogen) atoms. The van der Waals surface area contributed by atoms with Crippen molar-refractivity contribution in [1.29, 1.82) is 0 Å². The Balaban J connectivity index is 0.00000320. The fraction of sp³-hybridized carbons (Fsp3) is 0.435. The van der Waals surface area contributed by atoms with Gasteiger partial charge in [-0.2, -0.15) is 0 Å². The summed E-state index contributed by atoms with van der Waals surface area (Å²) in [5.74, 6) is 1.68. The van der Waals surface area contributed by atoms with Crippen LogP contribution in [-0.4, -0.2) is 50.8 Å². The molecule has 0 unspecified atom stereocenters. The summed E-state index contributed by atoms with van der Waals surface area (Å²) in [6, 6.07) is 16.8. The van der Waals surface area contributed by atoms with Crippen LogP contribution in [0.1, 0.15) is 23.6 Å². The maximum Gasteiger partial charge on any atom is 0.191 e. The normalized spacial score (nSPS) is 14.7. The predicted octanol–water partition coefficient (Wildman–Crippen LogP) is 3.40. The van der Waals surface area contributed by atoms with Crippen LogP contribution >= 0.6 is 24.0 Å². The summed E-state index contributed by atoms with van der Waals surface area (Å²) < 4.78 is 11.1. The first-order valence-corrected chi connectivity index (χ1v) is 10.3. The lowest BCUT2D eigenvalue weighted by atomic mass is 10.1. The lowest BCUT2D eigenvalue weighted by Gasteiger charge is -2.26. The van der Waals surface area contributed by atoms with E-state index in [-0.39, 0.29) is 24.0 Å². The fourth-order valence-electron chi connectivity index (χ4n) is 3.39. The largest absolute Gasteiger partial charge is 0.494 e. The van der Waals surface area contributed by atoms with Crippen molar-refractivity contribution in [2.45, 2.75) is 26.6 Å². The highest BCUT2D eigenvalue weighted by Crippen LogP contribution is 2.17. The van der Waals surface area contributed by atoms with Gasteiger partial charge in [-0.3, -0.25) is 9.89 Å². The number of rotatable bonds is 8. The van der Waals surface area contributed by atoms with Gasteiger partial charge in [0.05, 0.1) is 19.8 Å². The van der Waals surface area contributed by atoms with Crippen LogP contribution in [0.25, 0.3) is 0 Å². The lowest BCUT2D eigenvalue weighted by Crippen LogP contribution is -2.36. The number of hydrogen-bond donors (Lipinski definition) is 2. The molecule has 1 heterocycles. The van der Waals surface area contributed by atoms with Crippen molar-refractivity contribution in [2.24, 2.45) is 4.99 Å². The topological polar surface area (TPSA) is 58.1 Å². The smallest absolute Gasteiger partial charge is 0.191 e. The van der Waals surface area contributed by atoms with Crippen LogP contribution in [0, 0.1) is 0 Å². The van der Waals surface area contributed by atoms with E-state index in [4.69, 9.17) is 9.47 Å². The maximum atomic E-state index is 5.70. The Morgan fingerprint density at radius 1 is 1.03 bits per heavy atom. The molecule has 0 atom stereocenters. The molecule has 0 aliphatic carbocycles. The van der Waals surface area contributed by atoms with Crippen molar-refractivity contribution in [2.75, 3.05) is 40.0 Å². The van der Waals surface area contributed by atoms with E-state index in [1.807, 2.05) is 25.1 Å². The number of benzene rings is 2. The molecule has 1 fully saturated rings. The molecule has 2 N–H and O–H groups in total. The minimum absolute atomic E-state index is 0. The first kappa shape index (κ1) is 24.4. The molecule has 1 aliphatic rings. The molecule has 0 spiro atoms. The summed E-state index contributed by atoms with van der Waals surface area (Å²) in [5, 5.41) is 6.77. The van der Waals surface area contributed by atoms with Crippen molar-refractivity contribution < 1.29 is 9.47 Å². The van der Waals surface area contributed by atoms with Gasteiger partial charge in [0.25, 0.3) is 0 Å². The first-order chi connectivity index (χ1) is 14.3. The highest BCUT2D eigenvalue weighted by molar-refractivity contribution is 14.0. The van der Waals surface area contributed by atoms with E-state index in [9.17, 15) is 0 Å². The van der Waals surface area contributed by atoms with Crippen LogP contribution in [0.2, 0.25) is 0 Å². The van der Waals surface area contributed by atoms with Crippen molar-refractivity contribution >= 4 is 29.9 Å². The van der Waals surface area contributed by atoms with Gasteiger partial charge in [-0.25, -0.2) is 0 Å². The molecule has 1 aliphatic heterocycles.